The Balaban J connectivity index is 0.771. The Kier molecular flexibility index (Phi) is 25.8. The average molecular weight is 1420 g/mol. The normalized spacial score (nSPS) is 12.6. The molecule has 8 amide bonds. The SMILES string of the molecule is COC(=O)[C@H](CCCCNC(=O)c1cc2c(cc1C(=O)NCCc1ccc(Cl)cc1)CN(C(=O)c1ccc3cc(C(=O)N4Cc5cc(C(=O)NCCCC[C@H](NC(=O)OCc6ccccc6)C(=O)OC)c(C(=O)NCCc6ccc(Cl)cc6)cc5C4)ccc3c1)C2)NC(=O)OCc1ccccc1. The zero-order valence-electron chi connectivity index (χ0n) is 56.4. The van der Waals surface area contributed by atoms with Crippen LogP contribution >= 0.6 is 23.2 Å². The van der Waals surface area contributed by atoms with Crippen molar-refractivity contribution in [3.8, 4) is 0 Å². The van der Waals surface area contributed by atoms with E-state index < -0.39 is 59.8 Å². The quantitative estimate of drug-likeness (QED) is 0.0139. The molecule has 0 aromatic heterocycles. The van der Waals surface area contributed by atoms with E-state index in [1.54, 1.807) is 119 Å². The standard InChI is InChI=1S/C78H78Cl2N8O14/c1-99-75(95)67(85-77(97)101-47-51-13-5-3-6-14-51)17-9-11-33-81-69(89)63-39-57-43-87(45-59(57)41-65(63)71(91)83-35-31-49-19-27-61(79)28-20-49)73(93)55-25-23-54-38-56(26-24-53(54)37-55)74(94)88-44-58-40-64(66(42-60(58)46-88)72(92)84-36-32-50-21-29-62(80)30-22-50)70(90)82-34-12-10-18-68(76(96)100-2)86-78(98)102-48-52-15-7-4-8-16-52/h3-8,13-16,19-30,37-42,67-68H,9-12,17-18,31-36,43-48H2,1-2H3,(H,81,89)(H,82,90)(H,83,91)(H,84,92)(H,85,97)(H,86,98)/t67-,68-/m0/s1. The van der Waals surface area contributed by atoms with E-state index in [-0.39, 0.29) is 112 Å². The number of ether oxygens (including phenoxy) is 4. The van der Waals surface area contributed by atoms with Crippen LogP contribution < -0.4 is 31.9 Å². The van der Waals surface area contributed by atoms with Crippen molar-refractivity contribution in [1.29, 1.82) is 0 Å². The van der Waals surface area contributed by atoms with Crippen LogP contribution in [0, 0.1) is 0 Å². The number of amides is 8. The monoisotopic (exact) mass is 1420 g/mol. The maximum Gasteiger partial charge on any atom is 0.408 e. The number of unbranched alkanes of at least 4 members (excludes halogenated alkanes) is 2. The molecule has 8 aromatic rings. The van der Waals surface area contributed by atoms with E-state index in [1.807, 2.05) is 60.7 Å². The minimum absolute atomic E-state index is 0.0103. The molecule has 10 rings (SSSR count). The summed E-state index contributed by atoms with van der Waals surface area (Å²) in [6.45, 7) is 1.46. The maximum atomic E-state index is 14.4. The number of carbonyl (C=O) groups excluding carboxylic acids is 10. The molecule has 8 aromatic carbocycles. The summed E-state index contributed by atoms with van der Waals surface area (Å²) >= 11 is 12.2. The number of carbonyl (C=O) groups is 10. The van der Waals surface area contributed by atoms with Gasteiger partial charge in [0.2, 0.25) is 0 Å². The second-order valence-electron chi connectivity index (χ2n) is 24.8. The first-order valence-electron chi connectivity index (χ1n) is 33.6. The van der Waals surface area contributed by atoms with Crippen LogP contribution in [0.1, 0.15) is 145 Å². The first-order chi connectivity index (χ1) is 49.4. The van der Waals surface area contributed by atoms with Gasteiger partial charge in [0.15, 0.2) is 0 Å². The number of fused-ring (bicyclic) bond motifs is 3. The van der Waals surface area contributed by atoms with E-state index in [1.165, 1.54) is 14.2 Å². The number of halogens is 2. The topological polar surface area (TPSA) is 286 Å². The summed E-state index contributed by atoms with van der Waals surface area (Å²) < 4.78 is 20.5. The van der Waals surface area contributed by atoms with Crippen LogP contribution in [-0.2, 0) is 80.8 Å². The van der Waals surface area contributed by atoms with Gasteiger partial charge in [-0.3, -0.25) is 28.8 Å². The zero-order valence-corrected chi connectivity index (χ0v) is 57.9. The number of benzene rings is 8. The van der Waals surface area contributed by atoms with Crippen molar-refractivity contribution >= 4 is 93.5 Å². The van der Waals surface area contributed by atoms with Gasteiger partial charge in [-0.05, 0) is 179 Å². The van der Waals surface area contributed by atoms with Gasteiger partial charge in [-0.2, -0.15) is 0 Å². The van der Waals surface area contributed by atoms with E-state index >= 15 is 0 Å². The van der Waals surface area contributed by atoms with Gasteiger partial charge in [-0.15, -0.1) is 0 Å². The van der Waals surface area contributed by atoms with Gasteiger partial charge in [0.1, 0.15) is 25.3 Å². The van der Waals surface area contributed by atoms with Crippen LogP contribution in [0.25, 0.3) is 10.8 Å². The van der Waals surface area contributed by atoms with Crippen LogP contribution in [0.3, 0.4) is 0 Å². The Hall–Kier alpha value is -11.1. The van der Waals surface area contributed by atoms with Crippen LogP contribution in [0.4, 0.5) is 9.59 Å². The van der Waals surface area contributed by atoms with Crippen LogP contribution in [0.15, 0.2) is 170 Å². The molecule has 2 heterocycles. The molecule has 6 N–H and O–H groups in total. The Morgan fingerprint density at radius 2 is 0.725 bits per heavy atom. The summed E-state index contributed by atoms with van der Waals surface area (Å²) in [5.41, 5.74) is 7.41. The lowest BCUT2D eigenvalue weighted by atomic mass is 9.98. The molecular weight excluding hydrogens is 1340 g/mol. The van der Waals surface area contributed by atoms with Gasteiger partial charge >= 0.3 is 24.1 Å². The Bertz CT molecular complexity index is 4110. The predicted molar refractivity (Wildman–Crippen MR) is 382 cm³/mol. The molecule has 102 heavy (non-hydrogen) atoms. The van der Waals surface area contributed by atoms with Crippen LogP contribution in [0.5, 0.6) is 0 Å². The van der Waals surface area contributed by atoms with Gasteiger partial charge in [0, 0.05) is 73.5 Å². The third-order valence-electron chi connectivity index (χ3n) is 17.6. The summed E-state index contributed by atoms with van der Waals surface area (Å²) in [5, 5.41) is 19.4. The molecule has 0 radical (unpaired) electrons. The first-order valence-corrected chi connectivity index (χ1v) is 34.3. The van der Waals surface area contributed by atoms with Crippen molar-refractivity contribution in [1.82, 2.24) is 41.7 Å². The number of rotatable bonds is 30. The fourth-order valence-corrected chi connectivity index (χ4v) is 12.3. The van der Waals surface area contributed by atoms with E-state index in [0.29, 0.717) is 92.7 Å². The molecular formula is C78H78Cl2N8O14. The van der Waals surface area contributed by atoms with Crippen molar-refractivity contribution in [3.63, 3.8) is 0 Å². The Morgan fingerprint density at radius 1 is 0.392 bits per heavy atom. The third kappa shape index (κ3) is 20.1. The highest BCUT2D eigenvalue weighted by Crippen LogP contribution is 2.32. The summed E-state index contributed by atoms with van der Waals surface area (Å²) in [5.74, 6) is -3.89. The summed E-state index contributed by atoms with van der Waals surface area (Å²) in [7, 11) is 2.44. The second kappa shape index (κ2) is 35.8. The number of hydrogen-bond acceptors (Lipinski definition) is 14. The highest BCUT2D eigenvalue weighted by atomic mass is 35.5. The molecule has 0 aliphatic carbocycles. The smallest absolute Gasteiger partial charge is 0.408 e. The van der Waals surface area contributed by atoms with Crippen molar-refractivity contribution < 1.29 is 66.9 Å². The summed E-state index contributed by atoms with van der Waals surface area (Å²) in [6, 6.07) is 47.7. The first kappa shape index (κ1) is 73.6. The van der Waals surface area contributed by atoms with Crippen molar-refractivity contribution in [2.24, 2.45) is 0 Å². The van der Waals surface area contributed by atoms with Crippen molar-refractivity contribution in [3.05, 3.63) is 258 Å². The number of methoxy groups -OCH3 is 2. The number of hydrogen-bond donors (Lipinski definition) is 6. The summed E-state index contributed by atoms with van der Waals surface area (Å²) in [4.78, 5) is 139. The van der Waals surface area contributed by atoms with E-state index in [9.17, 15) is 47.9 Å². The average Bonchev–Trinajstić information content (AvgIpc) is 1.60. The molecule has 22 nitrogen and oxygen atoms in total. The second-order valence-corrected chi connectivity index (χ2v) is 25.6. The van der Waals surface area contributed by atoms with Crippen molar-refractivity contribution in [2.75, 3.05) is 40.4 Å². The summed E-state index contributed by atoms with van der Waals surface area (Å²) in [6.07, 6.45) is 1.43. The number of nitrogens with one attached hydrogen (secondary N) is 6. The van der Waals surface area contributed by atoms with Crippen LogP contribution in [0.2, 0.25) is 10.0 Å². The molecule has 2 aliphatic rings. The largest absolute Gasteiger partial charge is 0.467 e. The van der Waals surface area contributed by atoms with E-state index in [2.05, 4.69) is 31.9 Å². The maximum absolute atomic E-state index is 14.4. The molecule has 24 heteroatoms. The molecule has 0 saturated heterocycles. The highest BCUT2D eigenvalue weighted by Gasteiger charge is 2.32. The molecule has 0 unspecified atom stereocenters. The lowest BCUT2D eigenvalue weighted by molar-refractivity contribution is -0.144. The molecule has 0 fully saturated rings. The minimum Gasteiger partial charge on any atom is -0.467 e. The van der Waals surface area contributed by atoms with Gasteiger partial charge in [0.05, 0.1) is 36.5 Å². The fourth-order valence-electron chi connectivity index (χ4n) is 12.1. The molecule has 0 saturated carbocycles. The van der Waals surface area contributed by atoms with Gasteiger partial charge in [-0.25, -0.2) is 19.2 Å². The lowest BCUT2D eigenvalue weighted by Crippen LogP contribution is -2.41. The molecule has 0 bridgehead atoms. The fraction of sp³-hybridized carbons (Fsp3) is 0.282. The minimum atomic E-state index is -0.996. The number of nitrogens with zero attached hydrogens (tertiary/aromatic N) is 2. The number of alkyl carbamates (subject to hydrolysis) is 2. The Morgan fingerprint density at radius 3 is 1.06 bits per heavy atom. The van der Waals surface area contributed by atoms with Gasteiger partial charge < -0.3 is 60.6 Å². The third-order valence-corrected chi connectivity index (χ3v) is 18.1. The molecule has 2 atom stereocenters. The molecule has 528 valence electrons. The zero-order chi connectivity index (χ0) is 72.1. The van der Waals surface area contributed by atoms with Gasteiger partial charge in [0.25, 0.3) is 35.4 Å². The van der Waals surface area contributed by atoms with Crippen LogP contribution in [-0.4, -0.2) is 122 Å². The molecule has 2 aliphatic heterocycles. The molecule has 0 spiro atoms. The van der Waals surface area contributed by atoms with E-state index in [0.717, 1.165) is 22.3 Å². The highest BCUT2D eigenvalue weighted by molar-refractivity contribution is 6.30. The van der Waals surface area contributed by atoms with Crippen molar-refractivity contribution in [2.45, 2.75) is 103 Å². The Labute approximate surface area is 600 Å². The number of esters is 2. The lowest BCUT2D eigenvalue weighted by Gasteiger charge is -2.17. The van der Waals surface area contributed by atoms with Gasteiger partial charge in [-0.1, -0.05) is 120 Å². The van der Waals surface area contributed by atoms with E-state index in [4.69, 9.17) is 42.1 Å². The predicted octanol–water partition coefficient (Wildman–Crippen LogP) is 11.1.